The van der Waals surface area contributed by atoms with Gasteiger partial charge < -0.3 is 10.2 Å². The zero-order chi connectivity index (χ0) is 25.2. The van der Waals surface area contributed by atoms with Crippen LogP contribution in [-0.4, -0.2) is 35.1 Å². The molecule has 1 unspecified atom stereocenters. The van der Waals surface area contributed by atoms with Crippen molar-refractivity contribution < 1.29 is 9.59 Å². The minimum absolute atomic E-state index is 0.106. The molecule has 3 rings (SSSR count). The molecule has 35 heavy (non-hydrogen) atoms. The number of benzene rings is 3. The molecule has 0 radical (unpaired) electrons. The number of thioether (sulfide) groups is 1. The molecule has 0 aliphatic heterocycles. The quantitative estimate of drug-likeness (QED) is 0.317. The number of hydrogen-bond acceptors (Lipinski definition) is 3. The standard InChI is InChI=1S/C28H30Cl2N2O2S/c1-3-31-28(34)26(16-21-8-5-4-6-9-21)32(17-22-14-12-20(2)13-15-22)27(33)19-35-18-23-24(29)10-7-11-25(23)30/h4-15,26H,3,16-19H2,1-2H3,(H,31,34). The van der Waals surface area contributed by atoms with E-state index in [-0.39, 0.29) is 17.6 Å². The SMILES string of the molecule is CCNC(=O)C(Cc1ccccc1)N(Cc1ccc(C)cc1)C(=O)CSCc1c(Cl)cccc1Cl. The molecular formula is C28H30Cl2N2O2S. The molecule has 0 bridgehead atoms. The van der Waals surface area contributed by atoms with Gasteiger partial charge in [-0.25, -0.2) is 0 Å². The Bertz CT molecular complexity index is 1100. The first-order chi connectivity index (χ1) is 16.9. The number of aryl methyl sites for hydroxylation is 1. The second-order valence-corrected chi connectivity index (χ2v) is 10.1. The number of rotatable bonds is 11. The Morgan fingerprint density at radius 2 is 1.57 bits per heavy atom. The van der Waals surface area contributed by atoms with E-state index in [0.717, 1.165) is 22.3 Å². The fourth-order valence-electron chi connectivity index (χ4n) is 3.73. The summed E-state index contributed by atoms with van der Waals surface area (Å²) >= 11 is 14.0. The third kappa shape index (κ3) is 8.03. The maximum absolute atomic E-state index is 13.6. The molecule has 0 aromatic heterocycles. The second kappa shape index (κ2) is 13.6. The summed E-state index contributed by atoms with van der Waals surface area (Å²) in [6, 6.07) is 22.6. The third-order valence-corrected chi connectivity index (χ3v) is 7.28. The summed E-state index contributed by atoms with van der Waals surface area (Å²) in [7, 11) is 0. The minimum atomic E-state index is -0.629. The lowest BCUT2D eigenvalue weighted by molar-refractivity contribution is -0.139. The molecule has 3 aromatic rings. The summed E-state index contributed by atoms with van der Waals surface area (Å²) < 4.78 is 0. The first-order valence-electron chi connectivity index (χ1n) is 11.6. The lowest BCUT2D eigenvalue weighted by Crippen LogP contribution is -2.51. The van der Waals surface area contributed by atoms with Crippen molar-refractivity contribution >= 4 is 46.8 Å². The summed E-state index contributed by atoms with van der Waals surface area (Å²) in [6.07, 6.45) is 0.436. The van der Waals surface area contributed by atoms with Crippen LogP contribution >= 0.6 is 35.0 Å². The van der Waals surface area contributed by atoms with Gasteiger partial charge in [-0.1, -0.05) is 89.4 Å². The number of carbonyl (C=O) groups excluding carboxylic acids is 2. The summed E-state index contributed by atoms with van der Waals surface area (Å²) in [5, 5.41) is 4.08. The van der Waals surface area contributed by atoms with Crippen molar-refractivity contribution in [1.82, 2.24) is 10.2 Å². The smallest absolute Gasteiger partial charge is 0.243 e. The van der Waals surface area contributed by atoms with Crippen LogP contribution in [-0.2, 0) is 28.3 Å². The Hall–Kier alpha value is -2.47. The Morgan fingerprint density at radius 3 is 2.20 bits per heavy atom. The van der Waals surface area contributed by atoms with Crippen molar-refractivity contribution in [1.29, 1.82) is 0 Å². The molecule has 0 heterocycles. The third-order valence-electron chi connectivity index (χ3n) is 5.63. The van der Waals surface area contributed by atoms with E-state index in [1.807, 2.05) is 68.4 Å². The summed E-state index contributed by atoms with van der Waals surface area (Å²) in [4.78, 5) is 28.4. The molecular weight excluding hydrogens is 499 g/mol. The van der Waals surface area contributed by atoms with E-state index in [2.05, 4.69) is 5.32 Å². The number of nitrogens with zero attached hydrogens (tertiary/aromatic N) is 1. The number of amides is 2. The molecule has 7 heteroatoms. The monoisotopic (exact) mass is 528 g/mol. The number of likely N-dealkylation sites (N-methyl/N-ethyl adjacent to an activating group) is 1. The first-order valence-corrected chi connectivity index (χ1v) is 13.5. The Labute approximate surface area is 222 Å². The van der Waals surface area contributed by atoms with Crippen LogP contribution in [0.2, 0.25) is 10.0 Å². The predicted molar refractivity (Wildman–Crippen MR) is 147 cm³/mol. The van der Waals surface area contributed by atoms with E-state index in [4.69, 9.17) is 23.2 Å². The highest BCUT2D eigenvalue weighted by Crippen LogP contribution is 2.28. The van der Waals surface area contributed by atoms with E-state index in [9.17, 15) is 9.59 Å². The normalized spacial score (nSPS) is 11.7. The van der Waals surface area contributed by atoms with E-state index in [1.54, 1.807) is 23.1 Å². The van der Waals surface area contributed by atoms with Crippen molar-refractivity contribution in [2.45, 2.75) is 38.6 Å². The molecule has 4 nitrogen and oxygen atoms in total. The molecule has 0 saturated carbocycles. The largest absolute Gasteiger partial charge is 0.355 e. The Morgan fingerprint density at radius 1 is 0.914 bits per heavy atom. The molecule has 0 aliphatic carbocycles. The van der Waals surface area contributed by atoms with E-state index >= 15 is 0 Å². The van der Waals surface area contributed by atoms with Gasteiger partial charge in [-0.3, -0.25) is 9.59 Å². The molecule has 1 N–H and O–H groups in total. The highest BCUT2D eigenvalue weighted by Gasteiger charge is 2.30. The highest BCUT2D eigenvalue weighted by molar-refractivity contribution is 7.99. The molecule has 1 atom stereocenters. The van der Waals surface area contributed by atoms with Crippen LogP contribution in [0.4, 0.5) is 0 Å². The van der Waals surface area contributed by atoms with Crippen molar-refractivity contribution in [2.24, 2.45) is 0 Å². The van der Waals surface area contributed by atoms with E-state index < -0.39 is 6.04 Å². The van der Waals surface area contributed by atoms with Gasteiger partial charge in [-0.15, -0.1) is 11.8 Å². The molecule has 0 fully saturated rings. The van der Waals surface area contributed by atoms with Gasteiger partial charge in [0.05, 0.1) is 5.75 Å². The molecule has 184 valence electrons. The lowest BCUT2D eigenvalue weighted by Gasteiger charge is -2.31. The topological polar surface area (TPSA) is 49.4 Å². The zero-order valence-electron chi connectivity index (χ0n) is 20.0. The molecule has 2 amide bonds. The van der Waals surface area contributed by atoms with Crippen molar-refractivity contribution in [3.63, 3.8) is 0 Å². The van der Waals surface area contributed by atoms with Crippen LogP contribution in [0.25, 0.3) is 0 Å². The number of nitrogens with one attached hydrogen (secondary N) is 1. The zero-order valence-corrected chi connectivity index (χ0v) is 22.3. The van der Waals surface area contributed by atoms with Gasteiger partial charge in [0.15, 0.2) is 0 Å². The van der Waals surface area contributed by atoms with Gasteiger partial charge in [-0.05, 0) is 42.7 Å². The number of halogens is 2. The lowest BCUT2D eigenvalue weighted by atomic mass is 10.0. The number of carbonyl (C=O) groups is 2. The molecule has 0 spiro atoms. The second-order valence-electron chi connectivity index (χ2n) is 8.30. The van der Waals surface area contributed by atoms with Crippen LogP contribution in [0.5, 0.6) is 0 Å². The predicted octanol–water partition coefficient (Wildman–Crippen LogP) is 6.31. The average molecular weight is 530 g/mol. The van der Waals surface area contributed by atoms with Gasteiger partial charge in [0.25, 0.3) is 0 Å². The van der Waals surface area contributed by atoms with Gasteiger partial charge in [0.2, 0.25) is 11.8 Å². The summed E-state index contributed by atoms with van der Waals surface area (Å²) in [5.74, 6) is 0.451. The fraction of sp³-hybridized carbons (Fsp3) is 0.286. The molecule has 0 saturated heterocycles. The molecule has 3 aromatic carbocycles. The van der Waals surface area contributed by atoms with Crippen molar-refractivity contribution in [3.8, 4) is 0 Å². The van der Waals surface area contributed by atoms with Gasteiger partial charge >= 0.3 is 0 Å². The maximum Gasteiger partial charge on any atom is 0.243 e. The van der Waals surface area contributed by atoms with Gasteiger partial charge in [-0.2, -0.15) is 0 Å². The average Bonchev–Trinajstić information content (AvgIpc) is 2.85. The van der Waals surface area contributed by atoms with Crippen LogP contribution in [0.3, 0.4) is 0 Å². The van der Waals surface area contributed by atoms with Crippen molar-refractivity contribution in [3.05, 3.63) is 105 Å². The van der Waals surface area contributed by atoms with E-state index in [0.29, 0.717) is 35.3 Å². The summed E-state index contributed by atoms with van der Waals surface area (Å²) in [5.41, 5.74) is 3.93. The summed E-state index contributed by atoms with van der Waals surface area (Å²) in [6.45, 7) is 4.75. The van der Waals surface area contributed by atoms with Crippen molar-refractivity contribution in [2.75, 3.05) is 12.3 Å². The van der Waals surface area contributed by atoms with Gasteiger partial charge in [0, 0.05) is 35.3 Å². The Kier molecular flexibility index (Phi) is 10.5. The van der Waals surface area contributed by atoms with E-state index in [1.165, 1.54) is 11.8 Å². The highest BCUT2D eigenvalue weighted by atomic mass is 35.5. The van der Waals surface area contributed by atoms with Crippen LogP contribution < -0.4 is 5.32 Å². The van der Waals surface area contributed by atoms with Gasteiger partial charge in [0.1, 0.15) is 6.04 Å². The first kappa shape index (κ1) is 27.1. The Balaban J connectivity index is 1.84. The number of hydrogen-bond donors (Lipinski definition) is 1. The minimum Gasteiger partial charge on any atom is -0.355 e. The van der Waals surface area contributed by atoms with Crippen LogP contribution in [0.1, 0.15) is 29.2 Å². The molecule has 0 aliphatic rings. The fourth-order valence-corrected chi connectivity index (χ4v) is 5.38. The van der Waals surface area contributed by atoms with Crippen LogP contribution in [0, 0.1) is 6.92 Å². The maximum atomic E-state index is 13.6. The van der Waals surface area contributed by atoms with Crippen LogP contribution in [0.15, 0.2) is 72.8 Å².